The van der Waals surface area contributed by atoms with Gasteiger partial charge in [-0.15, -0.1) is 22.7 Å². The number of thiophene rings is 2. The maximum absolute atomic E-state index is 5.89. The van der Waals surface area contributed by atoms with Gasteiger partial charge in [0, 0.05) is 67.8 Å². The normalized spacial score (nSPS) is 12.6. The van der Waals surface area contributed by atoms with Gasteiger partial charge in [0.1, 0.15) is 0 Å². The smallest absolute Gasteiger partial charge is 0.0514 e. The van der Waals surface area contributed by atoms with E-state index in [1.54, 1.807) is 0 Å². The number of fused-ring (bicyclic) bond motifs is 6. The van der Waals surface area contributed by atoms with E-state index >= 15 is 0 Å². The molecule has 2 heterocycles. The van der Waals surface area contributed by atoms with Gasteiger partial charge in [0.2, 0.25) is 0 Å². The van der Waals surface area contributed by atoms with Crippen molar-refractivity contribution in [1.82, 2.24) is 0 Å². The summed E-state index contributed by atoms with van der Waals surface area (Å²) < 4.78 is 11.8. The third kappa shape index (κ3) is 4.36. The number of unbranched alkanes of at least 4 members (excludes halogenated alkanes) is 4. The molecule has 2 aliphatic carbocycles. The minimum absolute atomic E-state index is 0.829. The first-order valence-electron chi connectivity index (χ1n) is 13.8. The second kappa shape index (κ2) is 10.8. The quantitative estimate of drug-likeness (QED) is 0.134. The molecule has 4 aromatic rings. The summed E-state index contributed by atoms with van der Waals surface area (Å²) in [7, 11) is 0. The van der Waals surface area contributed by atoms with E-state index in [-0.39, 0.29) is 0 Å². The Labute approximate surface area is 223 Å². The Morgan fingerprint density at radius 1 is 0.528 bits per heavy atom. The van der Waals surface area contributed by atoms with Crippen LogP contribution in [-0.2, 0) is 22.3 Å². The van der Waals surface area contributed by atoms with Gasteiger partial charge in [-0.25, -0.2) is 0 Å². The van der Waals surface area contributed by atoms with Crippen LogP contribution >= 0.6 is 22.7 Å². The molecule has 0 N–H and O–H groups in total. The summed E-state index contributed by atoms with van der Waals surface area (Å²) in [4.78, 5) is 5.78. The summed E-state index contributed by atoms with van der Waals surface area (Å²) >= 11 is 3.93. The maximum Gasteiger partial charge on any atom is 0.0514 e. The largest absolute Gasteiger partial charge is 0.381 e. The van der Waals surface area contributed by atoms with Crippen molar-refractivity contribution < 1.29 is 9.47 Å². The zero-order chi connectivity index (χ0) is 24.5. The Morgan fingerprint density at radius 3 is 1.42 bits per heavy atom. The molecular weight excluding hydrogens is 480 g/mol. The van der Waals surface area contributed by atoms with Crippen LogP contribution < -0.4 is 0 Å². The lowest BCUT2D eigenvalue weighted by atomic mass is 9.97. The summed E-state index contributed by atoms with van der Waals surface area (Å²) in [6.45, 7) is 7.92. The molecule has 2 nitrogen and oxygen atoms in total. The summed E-state index contributed by atoms with van der Waals surface area (Å²) in [6, 6.07) is 14.4. The average molecular weight is 517 g/mol. The Bertz CT molecular complexity index is 1190. The highest BCUT2D eigenvalue weighted by atomic mass is 32.1. The van der Waals surface area contributed by atoms with E-state index in [0.29, 0.717) is 0 Å². The van der Waals surface area contributed by atoms with Crippen LogP contribution in [0.15, 0.2) is 36.4 Å². The molecule has 6 rings (SSSR count). The minimum Gasteiger partial charge on any atom is -0.381 e. The van der Waals surface area contributed by atoms with Gasteiger partial charge in [-0.3, -0.25) is 0 Å². The van der Waals surface area contributed by atoms with Crippen LogP contribution in [0.5, 0.6) is 0 Å². The summed E-state index contributed by atoms with van der Waals surface area (Å²) in [5, 5.41) is 2.94. The Morgan fingerprint density at radius 2 is 0.972 bits per heavy atom. The fourth-order valence-corrected chi connectivity index (χ4v) is 8.08. The Balaban J connectivity index is 1.19. The van der Waals surface area contributed by atoms with E-state index in [1.807, 2.05) is 22.7 Å². The summed E-state index contributed by atoms with van der Waals surface area (Å²) in [5.74, 6) is 0. The lowest BCUT2D eigenvalue weighted by Gasteiger charge is -2.07. The molecule has 0 saturated carbocycles. The number of rotatable bonds is 14. The molecule has 2 aliphatic rings. The van der Waals surface area contributed by atoms with Crippen molar-refractivity contribution in [2.24, 2.45) is 0 Å². The molecular formula is C32H36O2S2. The van der Waals surface area contributed by atoms with Crippen LogP contribution in [-0.4, -0.2) is 26.4 Å². The van der Waals surface area contributed by atoms with Crippen LogP contribution in [0.25, 0.3) is 53.9 Å². The molecule has 0 aliphatic heterocycles. The monoisotopic (exact) mass is 516 g/mol. The number of benzene rings is 2. The van der Waals surface area contributed by atoms with Gasteiger partial charge in [0.15, 0.2) is 0 Å². The molecule has 0 amide bonds. The number of hydrogen-bond donors (Lipinski definition) is 0. The van der Waals surface area contributed by atoms with Crippen LogP contribution in [0, 0.1) is 0 Å². The second-order valence-electron chi connectivity index (χ2n) is 10.1. The first-order chi connectivity index (χ1) is 17.8. The van der Waals surface area contributed by atoms with E-state index < -0.39 is 0 Å². The second-order valence-corrected chi connectivity index (χ2v) is 12.4. The van der Waals surface area contributed by atoms with Crippen LogP contribution in [0.2, 0.25) is 0 Å². The lowest BCUT2D eigenvalue weighted by Crippen LogP contribution is -1.99. The van der Waals surface area contributed by atoms with Gasteiger partial charge in [-0.1, -0.05) is 63.8 Å². The van der Waals surface area contributed by atoms with Crippen molar-refractivity contribution in [2.45, 2.75) is 65.2 Å². The zero-order valence-electron chi connectivity index (χ0n) is 21.6. The SMILES string of the molecule is CCCCCOCCc1cc2c(s1)-c1ccc3c4c(ccc-2c14)-c1cc(CCOCCCCC)sc1-3. The van der Waals surface area contributed by atoms with Crippen molar-refractivity contribution in [3.05, 3.63) is 46.2 Å². The van der Waals surface area contributed by atoms with E-state index in [9.17, 15) is 0 Å². The molecule has 0 saturated heterocycles. The van der Waals surface area contributed by atoms with Crippen LogP contribution in [0.4, 0.5) is 0 Å². The van der Waals surface area contributed by atoms with Crippen LogP contribution in [0.3, 0.4) is 0 Å². The Hall–Kier alpha value is -1.98. The summed E-state index contributed by atoms with van der Waals surface area (Å²) in [6.07, 6.45) is 9.41. The third-order valence-electron chi connectivity index (χ3n) is 7.57. The first kappa shape index (κ1) is 24.4. The zero-order valence-corrected chi connectivity index (χ0v) is 23.2. The van der Waals surface area contributed by atoms with Crippen molar-refractivity contribution >= 4 is 33.4 Å². The molecule has 36 heavy (non-hydrogen) atoms. The molecule has 4 heteroatoms. The van der Waals surface area contributed by atoms with Crippen molar-refractivity contribution in [3.8, 4) is 43.1 Å². The van der Waals surface area contributed by atoms with Gasteiger partial charge >= 0.3 is 0 Å². The molecule has 0 unspecified atom stereocenters. The standard InChI is InChI=1S/C32H36O2S2/c1-3-5-7-15-33-17-13-21-19-27-23-9-10-24-28-20-22(14-18-34-16-8-6-4-2)36-32(28)26-12-11-25(31(27)35-21)29(23)30(24)26/h9-12,19-20H,3-8,13-18H2,1-2H3. The summed E-state index contributed by atoms with van der Waals surface area (Å²) in [5.41, 5.74) is 8.55. The van der Waals surface area contributed by atoms with Gasteiger partial charge in [-0.05, 0) is 46.9 Å². The molecule has 0 bridgehead atoms. The molecule has 0 spiro atoms. The van der Waals surface area contributed by atoms with Crippen molar-refractivity contribution in [1.29, 1.82) is 0 Å². The van der Waals surface area contributed by atoms with Gasteiger partial charge < -0.3 is 9.47 Å². The number of hydrogen-bond acceptors (Lipinski definition) is 4. The molecule has 188 valence electrons. The van der Waals surface area contributed by atoms with Gasteiger partial charge in [-0.2, -0.15) is 0 Å². The predicted molar refractivity (Wildman–Crippen MR) is 157 cm³/mol. The van der Waals surface area contributed by atoms with E-state index in [4.69, 9.17) is 9.47 Å². The average Bonchev–Trinajstić information content (AvgIpc) is 3.63. The fourth-order valence-electron chi connectivity index (χ4n) is 5.71. The fraction of sp³-hybridized carbons (Fsp3) is 0.438. The van der Waals surface area contributed by atoms with Crippen LogP contribution in [0.1, 0.15) is 62.1 Å². The number of ether oxygens (including phenoxy) is 2. The maximum atomic E-state index is 5.89. The highest BCUT2D eigenvalue weighted by molar-refractivity contribution is 7.17. The van der Waals surface area contributed by atoms with E-state index in [1.165, 1.54) is 102 Å². The molecule has 0 atom stereocenters. The highest BCUT2D eigenvalue weighted by Gasteiger charge is 2.31. The topological polar surface area (TPSA) is 18.5 Å². The van der Waals surface area contributed by atoms with Gasteiger partial charge in [0.25, 0.3) is 0 Å². The van der Waals surface area contributed by atoms with Crippen molar-refractivity contribution in [3.63, 3.8) is 0 Å². The van der Waals surface area contributed by atoms with E-state index in [2.05, 4.69) is 50.2 Å². The molecule has 2 aromatic heterocycles. The van der Waals surface area contributed by atoms with E-state index in [0.717, 1.165) is 39.3 Å². The third-order valence-corrected chi connectivity index (χ3v) is 10.0. The minimum atomic E-state index is 0.829. The molecule has 2 aromatic carbocycles. The van der Waals surface area contributed by atoms with Crippen molar-refractivity contribution in [2.75, 3.05) is 26.4 Å². The molecule has 0 fully saturated rings. The molecule has 0 radical (unpaired) electrons. The predicted octanol–water partition coefficient (Wildman–Crippen LogP) is 9.76. The first-order valence-corrected chi connectivity index (χ1v) is 15.5. The lowest BCUT2D eigenvalue weighted by molar-refractivity contribution is 0.133. The van der Waals surface area contributed by atoms with Gasteiger partial charge in [0.05, 0.1) is 13.2 Å². The highest BCUT2D eigenvalue weighted by Crippen LogP contribution is 2.59. The Kier molecular flexibility index (Phi) is 7.30.